The van der Waals surface area contributed by atoms with Gasteiger partial charge in [0.2, 0.25) is 29.5 Å². The van der Waals surface area contributed by atoms with E-state index in [-0.39, 0.29) is 140 Å². The molecule has 542 valence electrons. The Bertz CT molecular complexity index is 1890. The van der Waals surface area contributed by atoms with Gasteiger partial charge in [-0.15, -0.1) is 0 Å². The third-order valence-corrected chi connectivity index (χ3v) is 15.2. The van der Waals surface area contributed by atoms with Gasteiger partial charge in [-0.25, -0.2) is 0 Å². The number of aliphatic hydroxyl groups is 12. The maximum atomic E-state index is 12.8. The van der Waals surface area contributed by atoms with Gasteiger partial charge in [0.05, 0.1) is 65.0 Å². The van der Waals surface area contributed by atoms with Crippen molar-refractivity contribution in [1.29, 1.82) is 0 Å². The molecule has 0 saturated carbocycles. The second-order valence-electron chi connectivity index (χ2n) is 24.6. The number of unbranched alkanes of at least 4 members (excludes halogenated alkanes) is 4. The number of ether oxygens (including phenoxy) is 9. The van der Waals surface area contributed by atoms with Crippen LogP contribution >= 0.6 is 0 Å². The first kappa shape index (κ1) is 83.4. The average Bonchev–Trinajstić information content (AvgIpc) is 1.33. The molecule has 93 heavy (non-hydrogen) atoms. The van der Waals surface area contributed by atoms with Crippen molar-refractivity contribution >= 4 is 35.3 Å². The smallest absolute Gasteiger partial charge is 0.222 e. The van der Waals surface area contributed by atoms with Gasteiger partial charge in [-0.3, -0.25) is 28.8 Å². The van der Waals surface area contributed by atoms with Gasteiger partial charge in [0, 0.05) is 103 Å². The number of hydrogen-bond acceptors (Lipinski definition) is 28. The van der Waals surface area contributed by atoms with Crippen molar-refractivity contribution in [2.45, 2.75) is 233 Å². The van der Waals surface area contributed by atoms with Gasteiger partial charge in [0.1, 0.15) is 79.0 Å². The topological polar surface area (TPSA) is 500 Å². The number of Topliss-reactive ketones (excluding diaryl/α,β-unsaturated/α-hetero) is 1. The normalized spacial score (nSPS) is 27.2. The molecule has 3 heterocycles. The summed E-state index contributed by atoms with van der Waals surface area (Å²) in [6.45, 7) is 5.91. The van der Waals surface area contributed by atoms with Crippen LogP contribution in [0.4, 0.5) is 0 Å². The molecule has 0 radical (unpaired) electrons. The lowest BCUT2D eigenvalue weighted by atomic mass is 9.97. The highest BCUT2D eigenvalue weighted by atomic mass is 16.7. The Balaban J connectivity index is 1.38. The van der Waals surface area contributed by atoms with E-state index in [1.54, 1.807) is 0 Å². The predicted octanol–water partition coefficient (Wildman–Crippen LogP) is -5.61. The fourth-order valence-corrected chi connectivity index (χ4v) is 10.1. The summed E-state index contributed by atoms with van der Waals surface area (Å²) in [7, 11) is 0. The number of ketones is 1. The molecule has 6 unspecified atom stereocenters. The van der Waals surface area contributed by atoms with Crippen molar-refractivity contribution < 1.29 is 133 Å². The van der Waals surface area contributed by atoms with E-state index in [9.17, 15) is 90.0 Å². The quantitative estimate of drug-likeness (QED) is 0.0253. The highest BCUT2D eigenvalue weighted by Crippen LogP contribution is 2.25. The number of rotatable bonds is 50. The highest BCUT2D eigenvalue weighted by molar-refractivity contribution is 5.78. The fourth-order valence-electron chi connectivity index (χ4n) is 10.1. The van der Waals surface area contributed by atoms with E-state index in [1.165, 1.54) is 0 Å². The molecule has 3 aliphatic heterocycles. The van der Waals surface area contributed by atoms with E-state index in [0.717, 1.165) is 0 Å². The van der Waals surface area contributed by atoms with E-state index in [0.29, 0.717) is 96.7 Å². The van der Waals surface area contributed by atoms with E-state index in [4.69, 9.17) is 42.6 Å². The summed E-state index contributed by atoms with van der Waals surface area (Å²) >= 11 is 0. The monoisotopic (exact) mass is 1350 g/mol. The maximum Gasteiger partial charge on any atom is 0.222 e. The molecule has 5 amide bonds. The third kappa shape index (κ3) is 33.3. The Kier molecular flexibility index (Phi) is 41.6. The molecule has 0 aromatic carbocycles. The van der Waals surface area contributed by atoms with Gasteiger partial charge < -0.3 is 136 Å². The molecule has 0 aliphatic carbocycles. The molecule has 3 saturated heterocycles. The van der Waals surface area contributed by atoms with Crippen LogP contribution in [0.1, 0.15) is 130 Å². The minimum atomic E-state index is -1.55. The van der Waals surface area contributed by atoms with Crippen molar-refractivity contribution in [3.8, 4) is 0 Å². The fraction of sp³-hybridized carbons (Fsp3) is 0.900. The Labute approximate surface area is 543 Å². The van der Waals surface area contributed by atoms with Crippen LogP contribution in [0.5, 0.6) is 0 Å². The van der Waals surface area contributed by atoms with Crippen LogP contribution in [-0.2, 0) is 71.4 Å². The summed E-state index contributed by atoms with van der Waals surface area (Å²) < 4.78 is 50.6. The van der Waals surface area contributed by atoms with E-state index in [1.807, 2.05) is 20.8 Å². The zero-order valence-electron chi connectivity index (χ0n) is 54.2. The lowest BCUT2D eigenvalue weighted by Crippen LogP contribution is -2.62. The summed E-state index contributed by atoms with van der Waals surface area (Å²) in [5, 5.41) is 136. The van der Waals surface area contributed by atoms with Gasteiger partial charge in [-0.2, -0.15) is 0 Å². The maximum absolute atomic E-state index is 12.8. The minimum absolute atomic E-state index is 0.00121. The number of carbonyl (C=O) groups excluding carboxylic acids is 6. The first-order valence-corrected chi connectivity index (χ1v) is 32.5. The Hall–Kier alpha value is -3.86. The molecule has 33 heteroatoms. The number of nitrogens with one attached hydrogen (secondary N) is 6. The molecule has 18 N–H and O–H groups in total. The van der Waals surface area contributed by atoms with Crippen LogP contribution in [0.25, 0.3) is 0 Å². The SMILES string of the molecule is CC(C)(C)NC(COCCC(=O)NCCCCC(=O)CCCCO[C@@H]1OC(CO)[C@@H](O)[C@H](O)C1O)(COCCC(=O)NCCCNC(=O)CCCCO[C@@H]1OC(CO)[C@@H](O)[C@H](O)C1O)COCCC(=O)NCCCNC(=O)CCCCO[C@@H]1OC(CO)[C@@H](O)[C@H](O)C1O. The third-order valence-electron chi connectivity index (χ3n) is 15.2. The Morgan fingerprint density at radius 3 is 0.925 bits per heavy atom. The molecular formula is C60H110N6O27. The van der Waals surface area contributed by atoms with E-state index >= 15 is 0 Å². The van der Waals surface area contributed by atoms with Crippen molar-refractivity contribution in [2.24, 2.45) is 0 Å². The lowest BCUT2D eigenvalue weighted by molar-refractivity contribution is -0.301. The molecular weight excluding hydrogens is 1240 g/mol. The molecule has 0 aromatic rings. The van der Waals surface area contributed by atoms with Crippen LogP contribution in [0.2, 0.25) is 0 Å². The van der Waals surface area contributed by atoms with E-state index < -0.39 is 123 Å². The molecule has 0 aromatic heterocycles. The number of carbonyl (C=O) groups is 6. The van der Waals surface area contributed by atoms with Crippen molar-refractivity contribution in [3.05, 3.63) is 0 Å². The summed E-state index contributed by atoms with van der Waals surface area (Å²) in [4.78, 5) is 75.7. The van der Waals surface area contributed by atoms with Crippen LogP contribution in [0.15, 0.2) is 0 Å². The molecule has 0 bridgehead atoms. The number of aliphatic hydroxyl groups excluding tert-OH is 12. The van der Waals surface area contributed by atoms with Gasteiger partial charge in [-0.1, -0.05) is 0 Å². The summed E-state index contributed by atoms with van der Waals surface area (Å²) in [6, 6.07) is 0. The van der Waals surface area contributed by atoms with Crippen LogP contribution in [0.3, 0.4) is 0 Å². The van der Waals surface area contributed by atoms with Gasteiger partial charge in [0.15, 0.2) is 18.9 Å². The average molecular weight is 1350 g/mol. The second-order valence-corrected chi connectivity index (χ2v) is 24.6. The molecule has 15 atom stereocenters. The van der Waals surface area contributed by atoms with Crippen LogP contribution < -0.4 is 31.9 Å². The number of hydrogen-bond donors (Lipinski definition) is 18. The Morgan fingerprint density at radius 1 is 0.344 bits per heavy atom. The highest BCUT2D eigenvalue weighted by Gasteiger charge is 2.46. The van der Waals surface area contributed by atoms with Crippen molar-refractivity contribution in [1.82, 2.24) is 31.9 Å². The van der Waals surface area contributed by atoms with Crippen molar-refractivity contribution in [2.75, 3.05) is 112 Å². The molecule has 3 rings (SSSR count). The van der Waals surface area contributed by atoms with Gasteiger partial charge in [-0.05, 0) is 85.0 Å². The minimum Gasteiger partial charge on any atom is -0.394 e. The first-order chi connectivity index (χ1) is 44.3. The number of amides is 5. The molecule has 3 aliphatic rings. The van der Waals surface area contributed by atoms with Crippen molar-refractivity contribution in [3.63, 3.8) is 0 Å². The molecule has 0 spiro atoms. The van der Waals surface area contributed by atoms with E-state index in [2.05, 4.69) is 31.9 Å². The van der Waals surface area contributed by atoms with Crippen LogP contribution in [0, 0.1) is 0 Å². The van der Waals surface area contributed by atoms with Crippen LogP contribution in [-0.4, -0.2) is 312 Å². The first-order valence-electron chi connectivity index (χ1n) is 32.5. The molecule has 33 nitrogen and oxygen atoms in total. The van der Waals surface area contributed by atoms with Gasteiger partial charge >= 0.3 is 0 Å². The largest absolute Gasteiger partial charge is 0.394 e. The van der Waals surface area contributed by atoms with Gasteiger partial charge in [0.25, 0.3) is 0 Å². The zero-order chi connectivity index (χ0) is 68.8. The summed E-state index contributed by atoms with van der Waals surface area (Å²) in [5.41, 5.74) is -1.56. The summed E-state index contributed by atoms with van der Waals surface area (Å²) in [6.07, 6.45) is -14.9. The standard InChI is InChI=1S/C60H110N6O27/c1-59(2,3)66-60(35-85-29-18-44(73)61-21-8-4-14-38(70)15-5-9-26-88-56-53(82)50(79)47(76)39(32-67)91-56,36-86-30-19-45(74)64-24-12-22-62-42(71)16-6-10-27-89-57-54(83)51(80)48(77)40(33-68)92-57)37-87-31-20-46(75)65-25-13-23-63-43(72)17-7-11-28-90-58-55(84)52(81)49(78)41(34-69)93-58/h39-41,47-58,66-69,76-84H,4-37H2,1-3H3,(H,61,73)(H,62,71)(H,63,72)(H,64,74)(H,65,75)/t39?,40?,41?,47-,48-,49-,50+,51+,52+,53?,54?,55?,56-,57-,58-,60?/m1/s1. The Morgan fingerprint density at radius 2 is 0.624 bits per heavy atom. The zero-order valence-corrected chi connectivity index (χ0v) is 54.2. The molecule has 3 fully saturated rings. The lowest BCUT2D eigenvalue weighted by Gasteiger charge is -2.40. The predicted molar refractivity (Wildman–Crippen MR) is 326 cm³/mol. The summed E-state index contributed by atoms with van der Waals surface area (Å²) in [5.74, 6) is -1.24. The second kappa shape index (κ2) is 46.4.